The molecule has 0 saturated heterocycles. The molecule has 1 atom stereocenters. The van der Waals surface area contributed by atoms with Crippen LogP contribution in [-0.4, -0.2) is 24.6 Å². The quantitative estimate of drug-likeness (QED) is 0.760. The summed E-state index contributed by atoms with van der Waals surface area (Å²) in [4.78, 5) is 15.5. The minimum Gasteiger partial charge on any atom is -0.497 e. The predicted molar refractivity (Wildman–Crippen MR) is 60.8 cm³/mol. The number of amidine groups is 1. The van der Waals surface area contributed by atoms with Crippen molar-refractivity contribution in [3.05, 3.63) is 29.3 Å². The highest BCUT2D eigenvalue weighted by Crippen LogP contribution is 2.37. The summed E-state index contributed by atoms with van der Waals surface area (Å²) in [6.07, 6.45) is 1.03. The van der Waals surface area contributed by atoms with Crippen LogP contribution >= 0.6 is 0 Å². The molecule has 1 aliphatic heterocycles. The summed E-state index contributed by atoms with van der Waals surface area (Å²) in [6, 6.07) is 5.72. The molecular formula is C12H12N2O3. The first-order valence-electron chi connectivity index (χ1n) is 5.36. The Kier molecular flexibility index (Phi) is 1.92. The van der Waals surface area contributed by atoms with Crippen molar-refractivity contribution >= 4 is 11.9 Å². The smallest absolute Gasteiger partial charge is 0.295 e. The van der Waals surface area contributed by atoms with Gasteiger partial charge in [-0.2, -0.15) is 4.99 Å². The Balaban J connectivity index is 1.96. The summed E-state index contributed by atoms with van der Waals surface area (Å²) in [7, 11) is 1.62. The van der Waals surface area contributed by atoms with E-state index in [9.17, 15) is 4.79 Å². The number of amides is 1. The number of carbonyl (C=O) groups is 1. The van der Waals surface area contributed by atoms with Crippen LogP contribution in [0.1, 0.15) is 11.1 Å². The Bertz CT molecular complexity index is 539. The van der Waals surface area contributed by atoms with Gasteiger partial charge in [0.15, 0.2) is 0 Å². The third-order valence-corrected chi connectivity index (χ3v) is 3.27. The molecule has 1 aromatic rings. The number of hydrogen-bond acceptors (Lipinski definition) is 4. The molecule has 1 aliphatic carbocycles. The van der Waals surface area contributed by atoms with Gasteiger partial charge in [-0.1, -0.05) is 6.07 Å². The monoisotopic (exact) mass is 232 g/mol. The van der Waals surface area contributed by atoms with E-state index >= 15 is 0 Å². The maximum atomic E-state index is 11.8. The first-order chi connectivity index (χ1) is 8.13. The highest BCUT2D eigenvalue weighted by Gasteiger charge is 2.50. The van der Waals surface area contributed by atoms with Crippen molar-refractivity contribution in [2.75, 3.05) is 7.11 Å². The van der Waals surface area contributed by atoms with Crippen molar-refractivity contribution < 1.29 is 14.3 Å². The van der Waals surface area contributed by atoms with E-state index in [4.69, 9.17) is 15.2 Å². The van der Waals surface area contributed by atoms with Gasteiger partial charge < -0.3 is 15.2 Å². The molecular weight excluding hydrogens is 220 g/mol. The number of nitrogens with zero attached hydrogens (tertiary/aromatic N) is 1. The summed E-state index contributed by atoms with van der Waals surface area (Å²) < 4.78 is 10.6. The topological polar surface area (TPSA) is 73.9 Å². The van der Waals surface area contributed by atoms with Gasteiger partial charge in [0.25, 0.3) is 11.9 Å². The number of ether oxygens (including phenoxy) is 2. The van der Waals surface area contributed by atoms with E-state index < -0.39 is 5.60 Å². The van der Waals surface area contributed by atoms with E-state index in [2.05, 4.69) is 4.99 Å². The fraction of sp³-hybridized carbons (Fsp3) is 0.333. The van der Waals surface area contributed by atoms with Crippen LogP contribution in [0.3, 0.4) is 0 Å². The highest BCUT2D eigenvalue weighted by atomic mass is 16.5. The normalized spacial score (nSPS) is 25.7. The number of carbonyl (C=O) groups excluding carboxylic acids is 1. The molecule has 0 radical (unpaired) electrons. The second-order valence-electron chi connectivity index (χ2n) is 4.34. The second-order valence-corrected chi connectivity index (χ2v) is 4.34. The maximum Gasteiger partial charge on any atom is 0.295 e. The van der Waals surface area contributed by atoms with Gasteiger partial charge in [-0.05, 0) is 23.3 Å². The number of hydrogen-bond donors (Lipinski definition) is 1. The number of benzene rings is 1. The average Bonchev–Trinajstić information content (AvgIpc) is 2.78. The fourth-order valence-corrected chi connectivity index (χ4v) is 2.44. The van der Waals surface area contributed by atoms with Gasteiger partial charge in [-0.25, -0.2) is 0 Å². The SMILES string of the molecule is COc1ccc2c(c1)CC1(C2)OC(N)=NC1=O. The Morgan fingerprint density at radius 2 is 2.18 bits per heavy atom. The van der Waals surface area contributed by atoms with Gasteiger partial charge >= 0.3 is 0 Å². The molecule has 5 nitrogen and oxygen atoms in total. The number of nitrogens with two attached hydrogens (primary N) is 1. The van der Waals surface area contributed by atoms with Crippen molar-refractivity contribution in [3.8, 4) is 5.75 Å². The van der Waals surface area contributed by atoms with Gasteiger partial charge in [-0.3, -0.25) is 4.79 Å². The molecule has 0 aromatic heterocycles. The Labute approximate surface area is 98.2 Å². The minimum absolute atomic E-state index is 0.0326. The first-order valence-corrected chi connectivity index (χ1v) is 5.36. The van der Waals surface area contributed by atoms with E-state index in [0.29, 0.717) is 12.8 Å². The highest BCUT2D eigenvalue weighted by molar-refractivity contribution is 6.01. The number of aliphatic imine (C=N–C) groups is 1. The van der Waals surface area contributed by atoms with Gasteiger partial charge in [-0.15, -0.1) is 0 Å². The summed E-state index contributed by atoms with van der Waals surface area (Å²) >= 11 is 0. The lowest BCUT2D eigenvalue weighted by molar-refractivity contribution is -0.130. The van der Waals surface area contributed by atoms with Gasteiger partial charge in [0.1, 0.15) is 5.75 Å². The molecule has 2 aliphatic rings. The first kappa shape index (κ1) is 10.1. The zero-order chi connectivity index (χ0) is 12.0. The minimum atomic E-state index is -0.904. The van der Waals surface area contributed by atoms with Crippen LogP contribution in [0.5, 0.6) is 5.75 Å². The Hall–Kier alpha value is -2.04. The van der Waals surface area contributed by atoms with E-state index in [-0.39, 0.29) is 11.9 Å². The summed E-state index contributed by atoms with van der Waals surface area (Å²) in [5, 5.41) is 0. The lowest BCUT2D eigenvalue weighted by Gasteiger charge is -2.18. The molecule has 5 heteroatoms. The zero-order valence-electron chi connectivity index (χ0n) is 9.40. The predicted octanol–water partition coefficient (Wildman–Crippen LogP) is 0.404. The molecule has 17 heavy (non-hydrogen) atoms. The molecule has 88 valence electrons. The third-order valence-electron chi connectivity index (χ3n) is 3.27. The second kappa shape index (κ2) is 3.23. The lowest BCUT2D eigenvalue weighted by Crippen LogP contribution is -2.39. The van der Waals surface area contributed by atoms with Crippen LogP contribution in [-0.2, 0) is 22.4 Å². The third kappa shape index (κ3) is 1.39. The van der Waals surface area contributed by atoms with Crippen molar-refractivity contribution in [2.24, 2.45) is 10.7 Å². The van der Waals surface area contributed by atoms with Crippen molar-refractivity contribution in [3.63, 3.8) is 0 Å². The molecule has 1 unspecified atom stereocenters. The zero-order valence-corrected chi connectivity index (χ0v) is 9.40. The lowest BCUT2D eigenvalue weighted by atomic mass is 10.0. The maximum absolute atomic E-state index is 11.8. The van der Waals surface area contributed by atoms with Crippen LogP contribution in [0, 0.1) is 0 Å². The van der Waals surface area contributed by atoms with Crippen LogP contribution in [0.2, 0.25) is 0 Å². The largest absolute Gasteiger partial charge is 0.497 e. The summed E-state index contributed by atoms with van der Waals surface area (Å²) in [5.74, 6) is 0.491. The molecule has 0 bridgehead atoms. The molecule has 1 spiro atoms. The molecule has 1 aromatic carbocycles. The number of methoxy groups -OCH3 is 1. The molecule has 1 amide bonds. The Morgan fingerprint density at radius 1 is 1.41 bits per heavy atom. The van der Waals surface area contributed by atoms with Crippen molar-refractivity contribution in [1.29, 1.82) is 0 Å². The van der Waals surface area contributed by atoms with Gasteiger partial charge in [0, 0.05) is 12.8 Å². The Morgan fingerprint density at radius 3 is 2.82 bits per heavy atom. The molecule has 2 N–H and O–H groups in total. The van der Waals surface area contributed by atoms with Crippen molar-refractivity contribution in [1.82, 2.24) is 0 Å². The van der Waals surface area contributed by atoms with Crippen LogP contribution in [0.25, 0.3) is 0 Å². The van der Waals surface area contributed by atoms with E-state index in [1.54, 1.807) is 7.11 Å². The molecule has 0 fully saturated rings. The summed E-state index contributed by atoms with van der Waals surface area (Å²) in [5.41, 5.74) is 6.69. The van der Waals surface area contributed by atoms with Crippen LogP contribution in [0.15, 0.2) is 23.2 Å². The van der Waals surface area contributed by atoms with Crippen LogP contribution < -0.4 is 10.5 Å². The average molecular weight is 232 g/mol. The molecule has 0 saturated carbocycles. The van der Waals surface area contributed by atoms with Gasteiger partial charge in [0.2, 0.25) is 5.60 Å². The fourth-order valence-electron chi connectivity index (χ4n) is 2.44. The van der Waals surface area contributed by atoms with E-state index in [1.165, 1.54) is 0 Å². The van der Waals surface area contributed by atoms with Crippen molar-refractivity contribution in [2.45, 2.75) is 18.4 Å². The van der Waals surface area contributed by atoms with E-state index in [1.807, 2.05) is 18.2 Å². The van der Waals surface area contributed by atoms with Crippen LogP contribution in [0.4, 0.5) is 0 Å². The number of fused-ring (bicyclic) bond motifs is 1. The van der Waals surface area contributed by atoms with Gasteiger partial charge in [0.05, 0.1) is 7.11 Å². The molecule has 1 heterocycles. The van der Waals surface area contributed by atoms with E-state index in [0.717, 1.165) is 16.9 Å². The molecule has 3 rings (SSSR count). The standard InChI is InChI=1S/C12H12N2O3/c1-16-9-3-2-7-5-12(6-8(7)4-9)10(15)14-11(13)17-12/h2-4H,5-6H2,1H3,(H2,13,14,15). The summed E-state index contributed by atoms with van der Waals surface area (Å²) in [6.45, 7) is 0. The number of rotatable bonds is 1.